The van der Waals surface area contributed by atoms with E-state index >= 15 is 0 Å². The van der Waals surface area contributed by atoms with Gasteiger partial charge in [0, 0.05) is 29.5 Å². The fourth-order valence-electron chi connectivity index (χ4n) is 3.22. The van der Waals surface area contributed by atoms with E-state index in [1.165, 1.54) is 25.7 Å². The Morgan fingerprint density at radius 3 is 2.43 bits per heavy atom. The summed E-state index contributed by atoms with van der Waals surface area (Å²) in [5, 5.41) is 11.2. The maximum atomic E-state index is 10.5. The number of aliphatic hydroxyl groups excluding tert-OH is 1. The summed E-state index contributed by atoms with van der Waals surface area (Å²) in [6, 6.07) is 7.65. The summed E-state index contributed by atoms with van der Waals surface area (Å²) in [5.41, 5.74) is 1.02. The van der Waals surface area contributed by atoms with E-state index in [1.807, 2.05) is 35.0 Å². The van der Waals surface area contributed by atoms with Crippen LogP contribution in [-0.4, -0.2) is 45.3 Å². The van der Waals surface area contributed by atoms with Gasteiger partial charge in [0.05, 0.1) is 12.6 Å². The third kappa shape index (κ3) is 4.56. The number of benzene rings is 1. The first-order valence-electron chi connectivity index (χ1n) is 8.40. The zero-order valence-electron chi connectivity index (χ0n) is 13.4. The maximum absolute atomic E-state index is 10.5. The summed E-state index contributed by atoms with van der Waals surface area (Å²) in [7, 11) is 0. The largest absolute Gasteiger partial charge is 0.390 e. The number of rotatable bonds is 5. The van der Waals surface area contributed by atoms with Gasteiger partial charge in [0.15, 0.2) is 0 Å². The van der Waals surface area contributed by atoms with Crippen molar-refractivity contribution in [1.29, 1.82) is 0 Å². The molecule has 1 aromatic carbocycles. The normalized spacial score (nSPS) is 17.8. The van der Waals surface area contributed by atoms with E-state index in [9.17, 15) is 5.11 Å². The number of β-amino-alcohol motifs (C(OH)–C–C–N with tert-alkyl or cyclic N) is 1. The Kier molecular flexibility index (Phi) is 5.70. The lowest BCUT2D eigenvalue weighted by Crippen LogP contribution is -2.35. The molecular formula is C18H24ClN3O. The Labute approximate surface area is 142 Å². The zero-order valence-corrected chi connectivity index (χ0v) is 14.1. The van der Waals surface area contributed by atoms with Crippen molar-refractivity contribution in [3.8, 4) is 11.4 Å². The summed E-state index contributed by atoms with van der Waals surface area (Å²) in [4.78, 5) is 6.81. The third-order valence-corrected chi connectivity index (χ3v) is 4.64. The van der Waals surface area contributed by atoms with Crippen molar-refractivity contribution in [2.24, 2.45) is 0 Å². The second-order valence-corrected chi connectivity index (χ2v) is 6.72. The second-order valence-electron chi connectivity index (χ2n) is 6.28. The van der Waals surface area contributed by atoms with Crippen LogP contribution in [0.5, 0.6) is 0 Å². The van der Waals surface area contributed by atoms with Crippen LogP contribution in [0.4, 0.5) is 0 Å². The molecule has 23 heavy (non-hydrogen) atoms. The molecule has 0 amide bonds. The van der Waals surface area contributed by atoms with Crippen molar-refractivity contribution < 1.29 is 5.11 Å². The maximum Gasteiger partial charge on any atom is 0.139 e. The molecule has 1 atom stereocenters. The molecule has 1 aliphatic heterocycles. The van der Waals surface area contributed by atoms with Gasteiger partial charge in [-0.25, -0.2) is 4.98 Å². The SMILES string of the molecule is OC(CN1CCCCCC1)Cn1ccnc1-c1ccc(Cl)cc1. The molecular weight excluding hydrogens is 310 g/mol. The number of halogens is 1. The first-order chi connectivity index (χ1) is 11.2. The Morgan fingerprint density at radius 2 is 1.74 bits per heavy atom. The Morgan fingerprint density at radius 1 is 1.04 bits per heavy atom. The van der Waals surface area contributed by atoms with Gasteiger partial charge in [-0.3, -0.25) is 0 Å². The molecule has 3 rings (SSSR count). The van der Waals surface area contributed by atoms with Gasteiger partial charge >= 0.3 is 0 Å². The highest BCUT2D eigenvalue weighted by atomic mass is 35.5. The molecule has 0 radical (unpaired) electrons. The number of hydrogen-bond donors (Lipinski definition) is 1. The van der Waals surface area contributed by atoms with Crippen LogP contribution in [0.3, 0.4) is 0 Å². The van der Waals surface area contributed by atoms with Gasteiger partial charge in [0.2, 0.25) is 0 Å². The topological polar surface area (TPSA) is 41.3 Å². The van der Waals surface area contributed by atoms with Gasteiger partial charge < -0.3 is 14.6 Å². The highest BCUT2D eigenvalue weighted by molar-refractivity contribution is 6.30. The lowest BCUT2D eigenvalue weighted by Gasteiger charge is -2.23. The molecule has 1 N–H and O–H groups in total. The summed E-state index contributed by atoms with van der Waals surface area (Å²) < 4.78 is 2.02. The standard InChI is InChI=1S/C18H24ClN3O/c19-16-7-5-15(6-8-16)18-20-9-12-22(18)14-17(23)13-21-10-3-1-2-4-11-21/h5-9,12,17,23H,1-4,10-11,13-14H2. The fraction of sp³-hybridized carbons (Fsp3) is 0.500. The van der Waals surface area contributed by atoms with Gasteiger partial charge in [-0.2, -0.15) is 0 Å². The molecule has 2 aromatic rings. The molecule has 0 spiro atoms. The van der Waals surface area contributed by atoms with Crippen LogP contribution in [-0.2, 0) is 6.54 Å². The fourth-order valence-corrected chi connectivity index (χ4v) is 3.34. The minimum Gasteiger partial charge on any atom is -0.390 e. The van der Waals surface area contributed by atoms with Crippen LogP contribution in [0.2, 0.25) is 5.02 Å². The Bertz CT molecular complexity index is 603. The molecule has 2 heterocycles. The Hall–Kier alpha value is -1.36. The van der Waals surface area contributed by atoms with E-state index in [-0.39, 0.29) is 6.10 Å². The number of aromatic nitrogens is 2. The van der Waals surface area contributed by atoms with Crippen LogP contribution >= 0.6 is 11.6 Å². The second kappa shape index (κ2) is 7.95. The minimum absolute atomic E-state index is 0.381. The monoisotopic (exact) mass is 333 g/mol. The van der Waals surface area contributed by atoms with E-state index in [2.05, 4.69) is 9.88 Å². The number of likely N-dealkylation sites (tertiary alicyclic amines) is 1. The van der Waals surface area contributed by atoms with E-state index in [1.54, 1.807) is 6.20 Å². The van der Waals surface area contributed by atoms with Crippen molar-refractivity contribution in [2.75, 3.05) is 19.6 Å². The highest BCUT2D eigenvalue weighted by Gasteiger charge is 2.15. The number of imidazole rings is 1. The predicted octanol–water partition coefficient (Wildman–Crippen LogP) is 3.44. The smallest absolute Gasteiger partial charge is 0.139 e. The molecule has 0 bridgehead atoms. The summed E-state index contributed by atoms with van der Waals surface area (Å²) >= 11 is 5.95. The molecule has 1 saturated heterocycles. The quantitative estimate of drug-likeness (QED) is 0.911. The lowest BCUT2D eigenvalue weighted by atomic mass is 10.2. The molecule has 4 nitrogen and oxygen atoms in total. The number of aliphatic hydroxyl groups is 1. The Balaban J connectivity index is 1.63. The van der Waals surface area contributed by atoms with Gasteiger partial charge in [-0.15, -0.1) is 0 Å². The average molecular weight is 334 g/mol. The molecule has 1 aliphatic rings. The van der Waals surface area contributed by atoms with E-state index in [0.29, 0.717) is 11.6 Å². The van der Waals surface area contributed by atoms with Crippen LogP contribution < -0.4 is 0 Å². The number of nitrogens with zero attached hydrogens (tertiary/aromatic N) is 3. The average Bonchev–Trinajstić information content (AvgIpc) is 2.83. The molecule has 1 aromatic heterocycles. The molecule has 0 aliphatic carbocycles. The summed E-state index contributed by atoms with van der Waals surface area (Å²) in [6.07, 6.45) is 8.44. The molecule has 0 saturated carbocycles. The number of hydrogen-bond acceptors (Lipinski definition) is 3. The van der Waals surface area contributed by atoms with Crippen molar-refractivity contribution in [1.82, 2.24) is 14.5 Å². The van der Waals surface area contributed by atoms with E-state index < -0.39 is 0 Å². The van der Waals surface area contributed by atoms with Gasteiger partial charge in [0.1, 0.15) is 5.82 Å². The lowest BCUT2D eigenvalue weighted by molar-refractivity contribution is 0.1000. The summed E-state index contributed by atoms with van der Waals surface area (Å²) in [6.45, 7) is 3.50. The predicted molar refractivity (Wildman–Crippen MR) is 93.6 cm³/mol. The van der Waals surface area contributed by atoms with Crippen molar-refractivity contribution in [2.45, 2.75) is 38.3 Å². The van der Waals surface area contributed by atoms with Crippen LogP contribution in [0.15, 0.2) is 36.7 Å². The van der Waals surface area contributed by atoms with Gasteiger partial charge in [-0.1, -0.05) is 24.4 Å². The molecule has 5 heteroatoms. The first kappa shape index (κ1) is 16.5. The summed E-state index contributed by atoms with van der Waals surface area (Å²) in [5.74, 6) is 0.872. The highest BCUT2D eigenvalue weighted by Crippen LogP contribution is 2.20. The zero-order chi connectivity index (χ0) is 16.1. The van der Waals surface area contributed by atoms with E-state index in [4.69, 9.17) is 11.6 Å². The van der Waals surface area contributed by atoms with Crippen LogP contribution in [0.1, 0.15) is 25.7 Å². The van der Waals surface area contributed by atoms with Crippen molar-refractivity contribution in [3.05, 3.63) is 41.7 Å². The van der Waals surface area contributed by atoms with Gasteiger partial charge in [0.25, 0.3) is 0 Å². The molecule has 1 fully saturated rings. The van der Waals surface area contributed by atoms with E-state index in [0.717, 1.165) is 31.0 Å². The molecule has 1 unspecified atom stereocenters. The first-order valence-corrected chi connectivity index (χ1v) is 8.77. The van der Waals surface area contributed by atoms with Gasteiger partial charge in [-0.05, 0) is 50.2 Å². The minimum atomic E-state index is -0.381. The third-order valence-electron chi connectivity index (χ3n) is 4.39. The van der Waals surface area contributed by atoms with Crippen molar-refractivity contribution in [3.63, 3.8) is 0 Å². The van der Waals surface area contributed by atoms with Crippen LogP contribution in [0.25, 0.3) is 11.4 Å². The molecule has 124 valence electrons. The van der Waals surface area contributed by atoms with Crippen molar-refractivity contribution >= 4 is 11.6 Å². The van der Waals surface area contributed by atoms with Crippen LogP contribution in [0, 0.1) is 0 Å².